The van der Waals surface area contributed by atoms with Gasteiger partial charge in [-0.25, -0.2) is 0 Å². The summed E-state index contributed by atoms with van der Waals surface area (Å²) < 4.78 is 0. The predicted octanol–water partition coefficient (Wildman–Crippen LogP) is 1.98. The molecule has 4 N–H and O–H groups in total. The largest absolute Gasteiger partial charge is 0.387 e. The summed E-state index contributed by atoms with van der Waals surface area (Å²) in [6.07, 6.45) is -0.494. The number of aryl methyl sites for hydroxylation is 1. The zero-order chi connectivity index (χ0) is 14.5. The Morgan fingerprint density at radius 2 is 2.25 bits per heavy atom. The van der Waals surface area contributed by atoms with Gasteiger partial charge in [-0.15, -0.1) is 0 Å². The fourth-order valence-electron chi connectivity index (χ4n) is 1.97. The van der Waals surface area contributed by atoms with Crippen LogP contribution in [0.3, 0.4) is 0 Å². The second-order valence-corrected chi connectivity index (χ2v) is 5.49. The van der Waals surface area contributed by atoms with E-state index < -0.39 is 12.0 Å². The van der Waals surface area contributed by atoms with Crippen molar-refractivity contribution in [3.63, 3.8) is 0 Å². The number of hydrogen-bond acceptors (Lipinski definition) is 4. The lowest BCUT2D eigenvalue weighted by molar-refractivity contribution is 0.1000. The summed E-state index contributed by atoms with van der Waals surface area (Å²) in [5.74, 6) is -0.416. The topological polar surface area (TPSA) is 75.4 Å². The number of rotatable bonds is 6. The highest BCUT2D eigenvalue weighted by Gasteiger charge is 2.08. The lowest BCUT2D eigenvalue weighted by atomic mass is 10.0. The van der Waals surface area contributed by atoms with Crippen molar-refractivity contribution in [2.45, 2.75) is 19.6 Å². The van der Waals surface area contributed by atoms with Crippen LogP contribution >= 0.6 is 11.3 Å². The molecule has 1 atom stereocenters. The van der Waals surface area contributed by atoms with E-state index in [1.54, 1.807) is 23.5 Å². The van der Waals surface area contributed by atoms with Crippen LogP contribution in [0.2, 0.25) is 0 Å². The summed E-state index contributed by atoms with van der Waals surface area (Å²) in [5.41, 5.74) is 8.79. The normalized spacial score (nSPS) is 12.3. The van der Waals surface area contributed by atoms with Crippen LogP contribution in [0, 0.1) is 6.92 Å². The quantitative estimate of drug-likeness (QED) is 0.761. The minimum Gasteiger partial charge on any atom is -0.387 e. The van der Waals surface area contributed by atoms with Gasteiger partial charge in [-0.1, -0.05) is 6.07 Å². The molecule has 20 heavy (non-hydrogen) atoms. The average molecular weight is 290 g/mol. The molecule has 0 radical (unpaired) electrons. The van der Waals surface area contributed by atoms with Crippen LogP contribution < -0.4 is 11.1 Å². The lowest BCUT2D eigenvalue weighted by Crippen LogP contribution is -2.21. The van der Waals surface area contributed by atoms with Gasteiger partial charge in [-0.3, -0.25) is 4.79 Å². The van der Waals surface area contributed by atoms with Gasteiger partial charge in [0.05, 0.1) is 6.10 Å². The fourth-order valence-corrected chi connectivity index (χ4v) is 2.68. The minimum absolute atomic E-state index is 0.416. The van der Waals surface area contributed by atoms with Crippen LogP contribution in [0.15, 0.2) is 35.0 Å². The molecular formula is C15H18N2O2S. The molecule has 0 saturated heterocycles. The molecule has 4 nitrogen and oxygen atoms in total. The maximum Gasteiger partial charge on any atom is 0.248 e. The second kappa shape index (κ2) is 6.65. The van der Waals surface area contributed by atoms with Crippen molar-refractivity contribution in [3.05, 3.63) is 57.3 Å². The molecule has 1 amide bonds. The summed E-state index contributed by atoms with van der Waals surface area (Å²) in [5, 5.41) is 17.1. The second-order valence-electron chi connectivity index (χ2n) is 4.71. The number of primary amides is 1. The van der Waals surface area contributed by atoms with Crippen LogP contribution in [0.5, 0.6) is 0 Å². The molecule has 1 aromatic heterocycles. The van der Waals surface area contributed by atoms with Crippen molar-refractivity contribution in [1.82, 2.24) is 5.32 Å². The predicted molar refractivity (Wildman–Crippen MR) is 80.7 cm³/mol. The number of aliphatic hydroxyl groups excluding tert-OH is 1. The molecule has 0 saturated carbocycles. The van der Waals surface area contributed by atoms with Gasteiger partial charge >= 0.3 is 0 Å². The Bertz CT molecular complexity index is 582. The molecule has 0 bridgehead atoms. The van der Waals surface area contributed by atoms with Gasteiger partial charge in [-0.05, 0) is 52.6 Å². The van der Waals surface area contributed by atoms with Crippen molar-refractivity contribution >= 4 is 17.2 Å². The third-order valence-electron chi connectivity index (χ3n) is 3.21. The van der Waals surface area contributed by atoms with Gasteiger partial charge < -0.3 is 16.2 Å². The Hall–Kier alpha value is -1.69. The number of carbonyl (C=O) groups excluding carboxylic acids is 1. The van der Waals surface area contributed by atoms with Gasteiger partial charge in [0.2, 0.25) is 5.91 Å². The highest BCUT2D eigenvalue weighted by atomic mass is 32.1. The van der Waals surface area contributed by atoms with Crippen molar-refractivity contribution in [3.8, 4) is 0 Å². The minimum atomic E-state index is -0.494. The molecule has 1 aromatic carbocycles. The Morgan fingerprint density at radius 1 is 1.45 bits per heavy atom. The van der Waals surface area contributed by atoms with Crippen molar-refractivity contribution in [2.75, 3.05) is 6.54 Å². The standard InChI is InChI=1S/C15H18N2O2S/c1-10-6-11(15(16)19)2-3-12(10)7-17-8-14(18)13-4-5-20-9-13/h2-6,9,14,17-18H,7-8H2,1H3,(H2,16,19). The fraction of sp³-hybridized carbons (Fsp3) is 0.267. The van der Waals surface area contributed by atoms with Gasteiger partial charge in [0, 0.05) is 18.7 Å². The van der Waals surface area contributed by atoms with E-state index in [1.165, 1.54) is 0 Å². The number of nitrogens with one attached hydrogen (secondary N) is 1. The Morgan fingerprint density at radius 3 is 2.85 bits per heavy atom. The van der Waals surface area contributed by atoms with Gasteiger partial charge in [0.15, 0.2) is 0 Å². The molecular weight excluding hydrogens is 272 g/mol. The van der Waals surface area contributed by atoms with Gasteiger partial charge in [0.25, 0.3) is 0 Å². The third-order valence-corrected chi connectivity index (χ3v) is 3.91. The van der Waals surface area contributed by atoms with Crippen molar-refractivity contribution in [2.24, 2.45) is 5.73 Å². The molecule has 0 aliphatic carbocycles. The SMILES string of the molecule is Cc1cc(C(N)=O)ccc1CNCC(O)c1ccsc1. The zero-order valence-electron chi connectivity index (χ0n) is 11.3. The monoisotopic (exact) mass is 290 g/mol. The first-order valence-electron chi connectivity index (χ1n) is 6.38. The molecule has 0 spiro atoms. The third kappa shape index (κ3) is 3.66. The molecule has 0 aliphatic rings. The Balaban J connectivity index is 1.90. The molecule has 0 fully saturated rings. The number of hydrogen-bond donors (Lipinski definition) is 3. The molecule has 2 rings (SSSR count). The highest BCUT2D eigenvalue weighted by Crippen LogP contribution is 2.16. The van der Waals surface area contributed by atoms with E-state index in [4.69, 9.17) is 5.73 Å². The molecule has 106 valence electrons. The lowest BCUT2D eigenvalue weighted by Gasteiger charge is -2.12. The van der Waals surface area contributed by atoms with Crippen LogP contribution in [0.4, 0.5) is 0 Å². The Labute approximate surface area is 122 Å². The first-order chi connectivity index (χ1) is 9.58. The summed E-state index contributed by atoms with van der Waals surface area (Å²) in [6, 6.07) is 7.32. The first-order valence-corrected chi connectivity index (χ1v) is 7.32. The van der Waals surface area contributed by atoms with E-state index in [-0.39, 0.29) is 0 Å². The zero-order valence-corrected chi connectivity index (χ0v) is 12.1. The maximum atomic E-state index is 11.1. The first kappa shape index (κ1) is 14.7. The van der Waals surface area contributed by atoms with E-state index in [9.17, 15) is 9.90 Å². The molecule has 1 unspecified atom stereocenters. The van der Waals surface area contributed by atoms with Crippen molar-refractivity contribution in [1.29, 1.82) is 0 Å². The molecule has 2 aromatic rings. The summed E-state index contributed by atoms with van der Waals surface area (Å²) in [4.78, 5) is 11.1. The van der Waals surface area contributed by atoms with E-state index >= 15 is 0 Å². The van der Waals surface area contributed by atoms with Crippen LogP contribution in [-0.4, -0.2) is 17.6 Å². The smallest absolute Gasteiger partial charge is 0.248 e. The number of carbonyl (C=O) groups is 1. The number of nitrogens with two attached hydrogens (primary N) is 1. The molecule has 5 heteroatoms. The van der Waals surface area contributed by atoms with Crippen LogP contribution in [-0.2, 0) is 6.54 Å². The number of amides is 1. The van der Waals surface area contributed by atoms with Crippen LogP contribution in [0.25, 0.3) is 0 Å². The summed E-state index contributed by atoms with van der Waals surface area (Å²) in [6.45, 7) is 3.08. The van der Waals surface area contributed by atoms with E-state index in [1.807, 2.05) is 29.8 Å². The highest BCUT2D eigenvalue weighted by molar-refractivity contribution is 7.07. The number of benzene rings is 1. The van der Waals surface area contributed by atoms with E-state index in [0.717, 1.165) is 16.7 Å². The van der Waals surface area contributed by atoms with E-state index in [2.05, 4.69) is 5.32 Å². The number of thiophene rings is 1. The summed E-state index contributed by atoms with van der Waals surface area (Å²) >= 11 is 1.57. The van der Waals surface area contributed by atoms with Gasteiger partial charge in [-0.2, -0.15) is 11.3 Å². The van der Waals surface area contributed by atoms with Crippen molar-refractivity contribution < 1.29 is 9.90 Å². The van der Waals surface area contributed by atoms with Crippen LogP contribution in [0.1, 0.15) is 33.2 Å². The maximum absolute atomic E-state index is 11.1. The molecule has 1 heterocycles. The Kier molecular flexibility index (Phi) is 4.89. The number of aliphatic hydroxyl groups is 1. The van der Waals surface area contributed by atoms with Gasteiger partial charge in [0.1, 0.15) is 0 Å². The summed E-state index contributed by atoms with van der Waals surface area (Å²) in [7, 11) is 0. The van der Waals surface area contributed by atoms with E-state index in [0.29, 0.717) is 18.7 Å². The molecule has 0 aliphatic heterocycles. The average Bonchev–Trinajstić information content (AvgIpc) is 2.94.